The van der Waals surface area contributed by atoms with Crippen molar-refractivity contribution >= 4 is 40.0 Å². The summed E-state index contributed by atoms with van der Waals surface area (Å²) in [7, 11) is 1.57. The summed E-state index contributed by atoms with van der Waals surface area (Å²) in [5.74, 6) is 1.08. The molecule has 1 aromatic heterocycles. The Morgan fingerprint density at radius 3 is 2.74 bits per heavy atom. The number of hydrogen-bond acceptors (Lipinski definition) is 7. The molecule has 2 aliphatic rings. The van der Waals surface area contributed by atoms with Gasteiger partial charge in [-0.05, 0) is 24.3 Å². The molecular formula is C24H25ClFN5O4. The minimum absolute atomic E-state index is 0.0106. The third-order valence-corrected chi connectivity index (χ3v) is 6.38. The molecule has 0 radical (unpaired) electrons. The van der Waals surface area contributed by atoms with E-state index in [1.807, 2.05) is 15.9 Å². The second kappa shape index (κ2) is 10.1. The summed E-state index contributed by atoms with van der Waals surface area (Å²) in [6.07, 6.45) is 1.96. The Hall–Kier alpha value is -3.37. The third-order valence-electron chi connectivity index (χ3n) is 6.09. The van der Waals surface area contributed by atoms with Crippen LogP contribution in [-0.4, -0.2) is 78.4 Å². The molecule has 2 amide bonds. The molecule has 3 heterocycles. The monoisotopic (exact) mass is 501 g/mol. The number of carbonyl (C=O) groups is 1. The largest absolute Gasteiger partial charge is 0.493 e. The summed E-state index contributed by atoms with van der Waals surface area (Å²) in [5.41, 5.74) is 1.23. The summed E-state index contributed by atoms with van der Waals surface area (Å²) < 4.78 is 30.7. The molecule has 1 unspecified atom stereocenters. The number of ether oxygens (including phenoxy) is 3. The minimum Gasteiger partial charge on any atom is -0.493 e. The van der Waals surface area contributed by atoms with E-state index in [1.165, 1.54) is 18.5 Å². The van der Waals surface area contributed by atoms with Crippen LogP contribution in [0.5, 0.6) is 11.5 Å². The van der Waals surface area contributed by atoms with Crippen LogP contribution < -0.4 is 14.8 Å². The molecule has 2 aliphatic heterocycles. The molecule has 9 nitrogen and oxygen atoms in total. The molecule has 35 heavy (non-hydrogen) atoms. The van der Waals surface area contributed by atoms with Crippen molar-refractivity contribution in [2.45, 2.75) is 12.5 Å². The third kappa shape index (κ3) is 5.03. The number of rotatable bonds is 5. The molecule has 3 aromatic rings. The quantitative estimate of drug-likeness (QED) is 0.563. The van der Waals surface area contributed by atoms with E-state index in [1.54, 1.807) is 19.2 Å². The molecule has 2 fully saturated rings. The number of nitrogens with one attached hydrogen (secondary N) is 1. The minimum atomic E-state index is -0.497. The van der Waals surface area contributed by atoms with E-state index < -0.39 is 5.82 Å². The zero-order chi connectivity index (χ0) is 24.4. The van der Waals surface area contributed by atoms with Gasteiger partial charge in [-0.15, -0.1) is 0 Å². The number of hydrogen-bond donors (Lipinski definition) is 1. The van der Waals surface area contributed by atoms with Gasteiger partial charge in [-0.3, -0.25) is 0 Å². The van der Waals surface area contributed by atoms with Crippen molar-refractivity contribution < 1.29 is 23.4 Å². The topological polar surface area (TPSA) is 89.1 Å². The Labute approximate surface area is 206 Å². The predicted octanol–water partition coefficient (Wildman–Crippen LogP) is 4.08. The number of benzene rings is 2. The predicted molar refractivity (Wildman–Crippen MR) is 129 cm³/mol. The van der Waals surface area contributed by atoms with Crippen LogP contribution in [0.2, 0.25) is 5.02 Å². The van der Waals surface area contributed by atoms with E-state index in [2.05, 4.69) is 15.3 Å². The Morgan fingerprint density at radius 2 is 1.97 bits per heavy atom. The van der Waals surface area contributed by atoms with Gasteiger partial charge in [-0.2, -0.15) is 0 Å². The maximum absolute atomic E-state index is 13.6. The summed E-state index contributed by atoms with van der Waals surface area (Å²) in [6, 6.07) is 7.96. The summed E-state index contributed by atoms with van der Waals surface area (Å²) in [6.45, 7) is 3.45. The maximum Gasteiger partial charge on any atom is 0.320 e. The van der Waals surface area contributed by atoms with E-state index in [0.29, 0.717) is 79.7 Å². The van der Waals surface area contributed by atoms with Gasteiger partial charge < -0.3 is 29.3 Å². The van der Waals surface area contributed by atoms with Crippen LogP contribution in [0.15, 0.2) is 36.7 Å². The number of carbonyl (C=O) groups excluding carboxylic acids is 1. The lowest BCUT2D eigenvalue weighted by Gasteiger charge is -2.30. The van der Waals surface area contributed by atoms with Gasteiger partial charge in [0.1, 0.15) is 24.1 Å². The molecule has 0 saturated carbocycles. The summed E-state index contributed by atoms with van der Waals surface area (Å²) in [5, 5.41) is 3.87. The first kappa shape index (κ1) is 23.4. The number of morpholine rings is 1. The van der Waals surface area contributed by atoms with Gasteiger partial charge in [0.25, 0.3) is 0 Å². The number of nitrogens with zero attached hydrogens (tertiary/aromatic N) is 4. The van der Waals surface area contributed by atoms with Gasteiger partial charge in [0.15, 0.2) is 11.5 Å². The van der Waals surface area contributed by atoms with Crippen LogP contribution in [0.4, 0.5) is 20.7 Å². The Morgan fingerprint density at radius 1 is 1.14 bits per heavy atom. The smallest absolute Gasteiger partial charge is 0.320 e. The lowest BCUT2D eigenvalue weighted by molar-refractivity contribution is 0.0443. The number of methoxy groups -OCH3 is 1. The Kier molecular flexibility index (Phi) is 6.74. The molecule has 1 N–H and O–H groups in total. The maximum atomic E-state index is 13.6. The van der Waals surface area contributed by atoms with E-state index in [4.69, 9.17) is 25.8 Å². The van der Waals surface area contributed by atoms with Crippen molar-refractivity contribution in [2.24, 2.45) is 0 Å². The average molecular weight is 502 g/mol. The zero-order valence-electron chi connectivity index (χ0n) is 19.2. The fourth-order valence-corrected chi connectivity index (χ4v) is 4.44. The zero-order valence-corrected chi connectivity index (χ0v) is 19.9. The van der Waals surface area contributed by atoms with Gasteiger partial charge in [-0.25, -0.2) is 19.2 Å². The molecule has 0 aliphatic carbocycles. The second-order valence-electron chi connectivity index (χ2n) is 8.35. The fourth-order valence-electron chi connectivity index (χ4n) is 4.26. The normalized spacial score (nSPS) is 18.1. The molecule has 0 spiro atoms. The van der Waals surface area contributed by atoms with Crippen molar-refractivity contribution in [2.75, 3.05) is 51.8 Å². The average Bonchev–Trinajstić information content (AvgIpc) is 3.35. The van der Waals surface area contributed by atoms with Crippen LogP contribution in [0.1, 0.15) is 6.42 Å². The molecule has 2 aromatic carbocycles. The number of fused-ring (bicyclic) bond motifs is 1. The van der Waals surface area contributed by atoms with Crippen LogP contribution in [0.25, 0.3) is 10.9 Å². The molecule has 1 atom stereocenters. The highest BCUT2D eigenvalue weighted by atomic mass is 35.5. The highest BCUT2D eigenvalue weighted by molar-refractivity contribution is 6.31. The Balaban J connectivity index is 1.36. The lowest BCUT2D eigenvalue weighted by Crippen LogP contribution is -2.47. The number of anilines is 2. The highest BCUT2D eigenvalue weighted by Gasteiger charge is 2.31. The summed E-state index contributed by atoms with van der Waals surface area (Å²) in [4.78, 5) is 25.1. The van der Waals surface area contributed by atoms with Crippen LogP contribution in [0, 0.1) is 5.82 Å². The number of likely N-dealkylation sites (tertiary alicyclic amines) is 1. The molecule has 0 bridgehead atoms. The van der Waals surface area contributed by atoms with Crippen molar-refractivity contribution in [3.63, 3.8) is 0 Å². The molecule has 11 heteroatoms. The Bertz CT molecular complexity index is 1240. The van der Waals surface area contributed by atoms with Crippen molar-refractivity contribution in [3.05, 3.63) is 47.5 Å². The molecule has 5 rings (SSSR count). The number of halogens is 2. The van der Waals surface area contributed by atoms with Crippen molar-refractivity contribution in [3.8, 4) is 11.5 Å². The van der Waals surface area contributed by atoms with Crippen LogP contribution in [-0.2, 0) is 4.74 Å². The lowest BCUT2D eigenvalue weighted by atomic mass is 10.2. The fraction of sp³-hybridized carbons (Fsp3) is 0.375. The van der Waals surface area contributed by atoms with Gasteiger partial charge in [-0.1, -0.05) is 11.6 Å². The van der Waals surface area contributed by atoms with E-state index in [9.17, 15) is 9.18 Å². The molecule has 2 saturated heterocycles. The first-order valence-electron chi connectivity index (χ1n) is 11.3. The van der Waals surface area contributed by atoms with Gasteiger partial charge in [0, 0.05) is 43.2 Å². The van der Waals surface area contributed by atoms with Crippen LogP contribution in [0.3, 0.4) is 0 Å². The van der Waals surface area contributed by atoms with E-state index >= 15 is 0 Å². The van der Waals surface area contributed by atoms with E-state index in [0.717, 1.165) is 0 Å². The standard InChI is InChI=1S/C24H25ClFN5O4/c1-33-21-12-20-17(23(28-14-27-20)29-15-2-3-19(26)18(25)10-15)11-22(21)35-16-4-5-31(13-16)24(32)30-6-8-34-9-7-30/h2-3,10-12,14,16H,4-9,13H2,1H3,(H,27,28,29). The first-order chi connectivity index (χ1) is 17.0. The van der Waals surface area contributed by atoms with Crippen molar-refractivity contribution in [1.29, 1.82) is 0 Å². The molecule has 184 valence electrons. The number of aromatic nitrogens is 2. The second-order valence-corrected chi connectivity index (χ2v) is 8.76. The first-order valence-corrected chi connectivity index (χ1v) is 11.7. The van der Waals surface area contributed by atoms with Gasteiger partial charge >= 0.3 is 6.03 Å². The van der Waals surface area contributed by atoms with Gasteiger partial charge in [0.2, 0.25) is 0 Å². The van der Waals surface area contributed by atoms with Crippen molar-refractivity contribution in [1.82, 2.24) is 19.8 Å². The molecular weight excluding hydrogens is 477 g/mol. The van der Waals surface area contributed by atoms with E-state index in [-0.39, 0.29) is 17.2 Å². The SMILES string of the molecule is COc1cc2ncnc(Nc3ccc(F)c(Cl)c3)c2cc1OC1CCN(C(=O)N2CCOCC2)C1. The van der Waals surface area contributed by atoms with Gasteiger partial charge in [0.05, 0.1) is 37.4 Å². The number of urea groups is 1. The van der Waals surface area contributed by atoms with Crippen LogP contribution >= 0.6 is 11.6 Å². The highest BCUT2D eigenvalue weighted by Crippen LogP contribution is 2.36. The summed E-state index contributed by atoms with van der Waals surface area (Å²) >= 11 is 5.92. The number of amides is 2.